The van der Waals surface area contributed by atoms with Gasteiger partial charge in [0, 0.05) is 32.3 Å². The van der Waals surface area contributed by atoms with E-state index in [-0.39, 0.29) is 24.7 Å². The zero-order valence-corrected chi connectivity index (χ0v) is 38.0. The van der Waals surface area contributed by atoms with Crippen molar-refractivity contribution in [2.24, 2.45) is 7.05 Å². The molecule has 6 aromatic rings. The van der Waals surface area contributed by atoms with E-state index in [0.29, 0.717) is 28.8 Å². The average Bonchev–Trinajstić information content (AvgIpc) is 4.14. The maximum absolute atomic E-state index is 12.6. The van der Waals surface area contributed by atoms with Gasteiger partial charge in [-0.3, -0.25) is 28.9 Å². The Kier molecular flexibility index (Phi) is 23.0. The van der Waals surface area contributed by atoms with E-state index in [9.17, 15) is 45.9 Å². The molecule has 3 aromatic heterocycles. The summed E-state index contributed by atoms with van der Waals surface area (Å²) < 4.78 is 80.9. The number of para-hydroxylation sites is 1. The summed E-state index contributed by atoms with van der Waals surface area (Å²) in [4.78, 5) is 84.8. The predicted octanol–water partition coefficient (Wildman–Crippen LogP) is 4.74. The first-order valence-electron chi connectivity index (χ1n) is 18.9. The number of benzene rings is 3. The van der Waals surface area contributed by atoms with E-state index in [1.165, 1.54) is 40.4 Å². The fourth-order valence-corrected chi connectivity index (χ4v) is 4.93. The number of nitrogens with zero attached hydrogens (tertiary/aromatic N) is 10. The maximum Gasteiger partial charge on any atom is 0.507 e. The molecule has 27 heteroatoms. The molecule has 8 rings (SSSR count). The number of carbonyl (C=O) groups is 5. The number of aryl methyl sites for hydroxylation is 3. The molecule has 0 atom stereocenters. The Morgan fingerprint density at radius 2 is 1.10 bits per heavy atom. The molecule has 5 heterocycles. The average molecular weight is 965 g/mol. The highest BCUT2D eigenvalue weighted by Gasteiger charge is 2.35. The van der Waals surface area contributed by atoms with E-state index in [4.69, 9.17) is 9.57 Å². The van der Waals surface area contributed by atoms with Crippen LogP contribution in [0.1, 0.15) is 45.2 Å². The molecule has 68 heavy (non-hydrogen) atoms. The Balaban J connectivity index is 0.000000277. The van der Waals surface area contributed by atoms with Crippen molar-refractivity contribution in [3.8, 4) is 11.8 Å². The fourth-order valence-electron chi connectivity index (χ4n) is 4.93. The van der Waals surface area contributed by atoms with Crippen LogP contribution in [-0.2, 0) is 35.8 Å². The van der Waals surface area contributed by atoms with Crippen LogP contribution in [0.4, 0.5) is 26.7 Å². The summed E-state index contributed by atoms with van der Waals surface area (Å²) in [7, 11) is 10.9. The van der Waals surface area contributed by atoms with Gasteiger partial charge < -0.3 is 28.4 Å². The molecule has 4 amide bonds. The molecule has 0 saturated carbocycles. The first-order valence-corrected chi connectivity index (χ1v) is 18.9. The standard InChI is InChI=1S/C9H7NO3.C7H3F5O.C7H7N3O.C6H9N3O.C5H7NO3.C4H6N2.C3H6O3/c1-13-10-8(11)6-4-2-3-5-7(6)9(10)12;1-13-7-5(11)3(9)2(8)4(10)6(7)12;1-11-10-7-5-3-2-4-6(7)8-9-10;1-4-7-5(2)9-6(8-4)10-3;1-9-6-4(7)2-3-5(6)8;1-6-3-2-5-4-6;1-5-3(4)6-2/h2-5H,1H3;1H3;2-5H,1H3;1-3H3;2-3H2,1H3;2-4H,1H3;1-2H3. The summed E-state index contributed by atoms with van der Waals surface area (Å²) in [5.74, 6) is -11.4. The normalized spacial score (nSPS) is 11.9. The second-order valence-corrected chi connectivity index (χ2v) is 12.4. The van der Waals surface area contributed by atoms with Gasteiger partial charge in [0.2, 0.25) is 29.1 Å². The molecule has 1 fully saturated rings. The molecule has 366 valence electrons. The van der Waals surface area contributed by atoms with E-state index in [1.807, 2.05) is 42.1 Å². The molecule has 0 aliphatic carbocycles. The Labute approximate surface area is 383 Å². The number of aromatic nitrogens is 8. The van der Waals surface area contributed by atoms with Gasteiger partial charge >= 0.3 is 12.2 Å². The molecule has 0 spiro atoms. The lowest BCUT2D eigenvalue weighted by Crippen LogP contribution is -2.28. The molecule has 0 bridgehead atoms. The van der Waals surface area contributed by atoms with E-state index in [0.717, 1.165) is 28.3 Å². The van der Waals surface area contributed by atoms with Crippen molar-refractivity contribution in [1.82, 2.24) is 49.8 Å². The predicted molar refractivity (Wildman–Crippen MR) is 223 cm³/mol. The Morgan fingerprint density at radius 3 is 1.47 bits per heavy atom. The lowest BCUT2D eigenvalue weighted by atomic mass is 10.1. The monoisotopic (exact) mass is 964 g/mol. The van der Waals surface area contributed by atoms with Crippen molar-refractivity contribution in [2.45, 2.75) is 26.7 Å². The summed E-state index contributed by atoms with van der Waals surface area (Å²) >= 11 is 0. The number of halogens is 5. The Hall–Kier alpha value is -8.20. The number of hydroxylamine groups is 4. The Bertz CT molecular complexity index is 2520. The number of ether oxygens (including phenoxy) is 4. The zero-order valence-electron chi connectivity index (χ0n) is 38.0. The van der Waals surface area contributed by atoms with Crippen molar-refractivity contribution < 1.29 is 79.4 Å². The van der Waals surface area contributed by atoms with Crippen LogP contribution in [0.15, 0.2) is 67.3 Å². The molecule has 3 aromatic carbocycles. The van der Waals surface area contributed by atoms with Crippen molar-refractivity contribution in [1.29, 1.82) is 0 Å². The smallest absolute Gasteiger partial charge is 0.491 e. The molecule has 1 saturated heterocycles. The molecular weight excluding hydrogens is 919 g/mol. The van der Waals surface area contributed by atoms with Gasteiger partial charge in [0.05, 0.1) is 60.1 Å². The third-order valence-electron chi connectivity index (χ3n) is 7.99. The summed E-state index contributed by atoms with van der Waals surface area (Å²) in [6.07, 6.45) is 5.30. The highest BCUT2D eigenvalue weighted by Crippen LogP contribution is 2.28. The van der Waals surface area contributed by atoms with Gasteiger partial charge in [-0.1, -0.05) is 29.1 Å². The van der Waals surface area contributed by atoms with Crippen LogP contribution in [0.2, 0.25) is 0 Å². The second kappa shape index (κ2) is 28.0. The minimum atomic E-state index is -2.20. The molecule has 0 N–H and O–H groups in total. The minimum absolute atomic E-state index is 0.248. The number of fused-ring (bicyclic) bond motifs is 2. The quantitative estimate of drug-likeness (QED) is 0.0745. The number of hydrogen-bond acceptors (Lipinski definition) is 18. The SMILES string of the molecule is COC(=O)OC.CON1C(=O)CCC1=O.CON1C(=O)c2ccccc2C1=O.COc1c(F)c(F)c(F)c(F)c1F.COc1nc(C)nc(C)n1.COn1nnc2ccccc21.Cn1ccnc1. The highest BCUT2D eigenvalue weighted by atomic mass is 19.2. The van der Waals surface area contributed by atoms with Gasteiger partial charge in [-0.2, -0.15) is 23.8 Å². The summed E-state index contributed by atoms with van der Waals surface area (Å²) in [5.41, 5.74) is 2.52. The number of carbonyl (C=O) groups excluding carboxylic acids is 5. The molecule has 0 radical (unpaired) electrons. The van der Waals surface area contributed by atoms with Gasteiger partial charge in [0.25, 0.3) is 23.6 Å². The van der Waals surface area contributed by atoms with Crippen LogP contribution in [-0.4, -0.2) is 129 Å². The fraction of sp³-hybridized carbons (Fsp3) is 0.293. The number of methoxy groups -OCH3 is 4. The number of amides is 4. The minimum Gasteiger partial charge on any atom is -0.491 e. The largest absolute Gasteiger partial charge is 0.507 e. The first-order chi connectivity index (χ1) is 32.3. The molecule has 22 nitrogen and oxygen atoms in total. The number of hydrogen-bond donors (Lipinski definition) is 0. The van der Waals surface area contributed by atoms with Crippen LogP contribution in [0, 0.1) is 42.9 Å². The van der Waals surface area contributed by atoms with Crippen LogP contribution < -0.4 is 14.3 Å². The van der Waals surface area contributed by atoms with E-state index in [2.05, 4.69) is 54.1 Å². The van der Waals surface area contributed by atoms with Gasteiger partial charge in [-0.15, -0.1) is 10.2 Å². The van der Waals surface area contributed by atoms with Gasteiger partial charge in [0.1, 0.15) is 29.8 Å². The van der Waals surface area contributed by atoms with Crippen LogP contribution in [0.5, 0.6) is 11.8 Å². The van der Waals surface area contributed by atoms with E-state index < -0.39 is 52.8 Å². The Morgan fingerprint density at radius 1 is 0.618 bits per heavy atom. The molecular formula is C41H45F5N10O12. The summed E-state index contributed by atoms with van der Waals surface area (Å²) in [5, 5.41) is 9.18. The molecule has 2 aliphatic rings. The van der Waals surface area contributed by atoms with Gasteiger partial charge in [-0.05, 0) is 43.3 Å². The van der Waals surface area contributed by atoms with Gasteiger partial charge in [0.15, 0.2) is 5.75 Å². The topological polar surface area (TPSA) is 244 Å². The number of imidazole rings is 1. The zero-order chi connectivity index (χ0) is 51.1. The third-order valence-corrected chi connectivity index (χ3v) is 7.99. The van der Waals surface area contributed by atoms with Crippen molar-refractivity contribution in [2.75, 3.05) is 49.8 Å². The molecule has 0 unspecified atom stereocenters. The summed E-state index contributed by atoms with van der Waals surface area (Å²) in [6, 6.07) is 14.6. The summed E-state index contributed by atoms with van der Waals surface area (Å²) in [6.45, 7) is 3.61. The van der Waals surface area contributed by atoms with Crippen molar-refractivity contribution in [3.05, 3.63) is 119 Å². The van der Waals surface area contributed by atoms with Crippen LogP contribution in [0.25, 0.3) is 11.0 Å². The second-order valence-electron chi connectivity index (χ2n) is 12.4. The number of rotatable bonds is 5. The first kappa shape index (κ1) is 55.9. The van der Waals surface area contributed by atoms with Gasteiger partial charge in [-0.25, -0.2) is 27.9 Å². The molecule has 2 aliphatic heterocycles. The number of imide groups is 2. The van der Waals surface area contributed by atoms with Crippen LogP contribution in [0.3, 0.4) is 0 Å². The van der Waals surface area contributed by atoms with E-state index in [1.54, 1.807) is 57.7 Å². The highest BCUT2D eigenvalue weighted by molar-refractivity contribution is 6.20. The van der Waals surface area contributed by atoms with Crippen LogP contribution >= 0.6 is 0 Å². The van der Waals surface area contributed by atoms with E-state index >= 15 is 0 Å². The van der Waals surface area contributed by atoms with Crippen molar-refractivity contribution in [3.63, 3.8) is 0 Å². The lowest BCUT2D eigenvalue weighted by molar-refractivity contribution is -0.179. The maximum atomic E-state index is 12.6. The van der Waals surface area contributed by atoms with Crippen molar-refractivity contribution >= 4 is 40.8 Å². The lowest BCUT2D eigenvalue weighted by Gasteiger charge is -2.07. The third kappa shape index (κ3) is 15.8.